The molecular weight excluding hydrogens is 105 g/mol. The summed E-state index contributed by atoms with van der Waals surface area (Å²) in [7, 11) is -2.35. The van der Waals surface area contributed by atoms with Gasteiger partial charge in [0.15, 0.2) is 0 Å². The summed E-state index contributed by atoms with van der Waals surface area (Å²) in [4.78, 5) is 7.79. The van der Waals surface area contributed by atoms with E-state index in [1.165, 1.54) is 0 Å². The molecule has 0 heterocycles. The topological polar surface area (TPSA) is 69.6 Å². The maximum absolute atomic E-state index is 9.48. The van der Waals surface area contributed by atoms with Gasteiger partial charge in [0, 0.05) is 0 Å². The molecule has 0 fully saturated rings. The van der Waals surface area contributed by atoms with Gasteiger partial charge >= 0.3 is 8.18 Å². The predicted molar refractivity (Wildman–Crippen MR) is 20.0 cm³/mol. The van der Waals surface area contributed by atoms with Crippen LogP contribution in [0.25, 0.3) is 0 Å². The molecule has 1 unspecified atom stereocenters. The number of hydrogen-bond donors (Lipinski definition) is 3. The SMILES string of the molecule is O=[P+](O)NCO. The molecular formula is CH5NO3P+. The Bertz CT molecular complexity index is 54.8. The van der Waals surface area contributed by atoms with Crippen LogP contribution in [0.5, 0.6) is 0 Å². The number of rotatable bonds is 2. The van der Waals surface area contributed by atoms with Gasteiger partial charge in [0.25, 0.3) is 0 Å². The fraction of sp³-hybridized carbons (Fsp3) is 1.00. The Morgan fingerprint density at radius 3 is 2.33 bits per heavy atom. The molecule has 0 aliphatic rings. The fourth-order valence-electron chi connectivity index (χ4n) is 0.0605. The first-order valence-corrected chi connectivity index (χ1v) is 2.49. The van der Waals surface area contributed by atoms with E-state index in [1.54, 1.807) is 0 Å². The maximum Gasteiger partial charge on any atom is 0.612 e. The Balaban J connectivity index is 2.83. The van der Waals surface area contributed by atoms with E-state index in [0.29, 0.717) is 0 Å². The quantitative estimate of drug-likeness (QED) is 0.320. The van der Waals surface area contributed by atoms with Gasteiger partial charge in [-0.25, -0.2) is 0 Å². The molecule has 0 amide bonds. The monoisotopic (exact) mass is 110 g/mol. The Morgan fingerprint density at radius 2 is 2.33 bits per heavy atom. The van der Waals surface area contributed by atoms with Crippen LogP contribution in [0.2, 0.25) is 0 Å². The Morgan fingerprint density at radius 1 is 1.83 bits per heavy atom. The average molecular weight is 110 g/mol. The number of hydrogen-bond acceptors (Lipinski definition) is 2. The smallest absolute Gasteiger partial charge is 0.377 e. The van der Waals surface area contributed by atoms with Gasteiger partial charge in [-0.05, 0) is 4.57 Å². The third-order valence-electron chi connectivity index (χ3n) is 0.206. The number of aliphatic hydroxyl groups excluding tert-OH is 1. The lowest BCUT2D eigenvalue weighted by Crippen LogP contribution is -2.01. The largest absolute Gasteiger partial charge is 0.612 e. The van der Waals surface area contributed by atoms with Crippen LogP contribution in [0.4, 0.5) is 0 Å². The summed E-state index contributed by atoms with van der Waals surface area (Å²) in [6.07, 6.45) is 0. The van der Waals surface area contributed by atoms with Gasteiger partial charge in [0.2, 0.25) is 0 Å². The van der Waals surface area contributed by atoms with Gasteiger partial charge in [0.1, 0.15) is 6.73 Å². The van der Waals surface area contributed by atoms with Crippen LogP contribution in [-0.4, -0.2) is 16.7 Å². The van der Waals surface area contributed by atoms with Crippen molar-refractivity contribution in [3.8, 4) is 0 Å². The zero-order valence-electron chi connectivity index (χ0n) is 2.96. The molecule has 0 aliphatic heterocycles. The van der Waals surface area contributed by atoms with E-state index in [4.69, 9.17) is 10.00 Å². The minimum atomic E-state index is -2.35. The highest BCUT2D eigenvalue weighted by molar-refractivity contribution is 7.35. The van der Waals surface area contributed by atoms with E-state index in [9.17, 15) is 4.57 Å². The number of nitrogens with one attached hydrogen (secondary N) is 1. The summed E-state index contributed by atoms with van der Waals surface area (Å²) in [5.74, 6) is 0. The van der Waals surface area contributed by atoms with Gasteiger partial charge in [-0.3, -0.25) is 0 Å². The summed E-state index contributed by atoms with van der Waals surface area (Å²) in [5.41, 5.74) is 0. The molecule has 0 aromatic heterocycles. The van der Waals surface area contributed by atoms with E-state index < -0.39 is 14.9 Å². The second-order valence-electron chi connectivity index (χ2n) is 0.589. The summed E-state index contributed by atoms with van der Waals surface area (Å²) in [5, 5.41) is 9.61. The molecule has 5 heteroatoms. The zero-order valence-corrected chi connectivity index (χ0v) is 3.85. The van der Waals surface area contributed by atoms with E-state index in [-0.39, 0.29) is 0 Å². The van der Waals surface area contributed by atoms with Crippen molar-refractivity contribution >= 4 is 8.18 Å². The molecule has 0 aromatic carbocycles. The van der Waals surface area contributed by atoms with Crippen molar-refractivity contribution in [2.75, 3.05) is 6.73 Å². The second kappa shape index (κ2) is 3.18. The lowest BCUT2D eigenvalue weighted by Gasteiger charge is -1.70. The normalized spacial score (nSPS) is 11.3. The molecule has 0 saturated carbocycles. The van der Waals surface area contributed by atoms with Crippen LogP contribution in [0, 0.1) is 0 Å². The van der Waals surface area contributed by atoms with Crippen LogP contribution in [0.15, 0.2) is 0 Å². The van der Waals surface area contributed by atoms with Crippen LogP contribution in [0.1, 0.15) is 0 Å². The molecule has 0 aromatic rings. The third-order valence-corrected chi connectivity index (χ3v) is 0.618. The molecule has 3 N–H and O–H groups in total. The average Bonchev–Trinajstić information content (AvgIpc) is 1.35. The molecule has 1 atom stereocenters. The van der Waals surface area contributed by atoms with Crippen molar-refractivity contribution < 1.29 is 14.6 Å². The Hall–Kier alpha value is -0.0200. The Kier molecular flexibility index (Phi) is 3.17. The van der Waals surface area contributed by atoms with Crippen molar-refractivity contribution in [3.63, 3.8) is 0 Å². The molecule has 0 aliphatic carbocycles. The third kappa shape index (κ3) is 3.98. The van der Waals surface area contributed by atoms with Crippen molar-refractivity contribution in [3.05, 3.63) is 0 Å². The summed E-state index contributed by atoms with van der Waals surface area (Å²) >= 11 is 0. The van der Waals surface area contributed by atoms with Gasteiger partial charge in [0.05, 0.1) is 0 Å². The highest BCUT2D eigenvalue weighted by Crippen LogP contribution is 2.00. The van der Waals surface area contributed by atoms with Crippen molar-refractivity contribution in [2.45, 2.75) is 0 Å². The standard InChI is InChI=1S/CH4NO3P/c3-1-2-6(4)5/h3H,1H2,(H-,2,4,5)/p+1. The first-order valence-electron chi connectivity index (χ1n) is 1.28. The lowest BCUT2D eigenvalue weighted by molar-refractivity contribution is 0.284. The zero-order chi connectivity index (χ0) is 4.99. The summed E-state index contributed by atoms with van der Waals surface area (Å²) in [6.45, 7) is -0.453. The molecule has 36 valence electrons. The van der Waals surface area contributed by atoms with Crippen molar-refractivity contribution in [2.24, 2.45) is 0 Å². The highest BCUT2D eigenvalue weighted by Gasteiger charge is 2.03. The van der Waals surface area contributed by atoms with E-state index in [2.05, 4.69) is 0 Å². The molecule has 4 nitrogen and oxygen atoms in total. The molecule has 0 bridgehead atoms. The van der Waals surface area contributed by atoms with Crippen LogP contribution in [-0.2, 0) is 4.57 Å². The van der Waals surface area contributed by atoms with Gasteiger partial charge in [-0.15, -0.1) is 4.89 Å². The van der Waals surface area contributed by atoms with Crippen molar-refractivity contribution in [1.82, 2.24) is 5.09 Å². The minimum Gasteiger partial charge on any atom is -0.377 e. The molecule has 6 heavy (non-hydrogen) atoms. The second-order valence-corrected chi connectivity index (χ2v) is 1.45. The van der Waals surface area contributed by atoms with E-state index in [0.717, 1.165) is 0 Å². The minimum absolute atomic E-state index is 0.453. The van der Waals surface area contributed by atoms with E-state index >= 15 is 0 Å². The molecule has 0 rings (SSSR count). The molecule has 0 saturated heterocycles. The maximum atomic E-state index is 9.48. The van der Waals surface area contributed by atoms with Crippen LogP contribution >= 0.6 is 8.18 Å². The Labute approximate surface area is 35.7 Å². The first-order chi connectivity index (χ1) is 2.77. The molecule has 0 radical (unpaired) electrons. The van der Waals surface area contributed by atoms with Crippen LogP contribution < -0.4 is 5.09 Å². The molecule has 0 spiro atoms. The lowest BCUT2D eigenvalue weighted by atomic mass is 11.4. The first kappa shape index (κ1) is 5.98. The van der Waals surface area contributed by atoms with Crippen molar-refractivity contribution in [1.29, 1.82) is 0 Å². The van der Waals surface area contributed by atoms with Crippen LogP contribution in [0.3, 0.4) is 0 Å². The van der Waals surface area contributed by atoms with Gasteiger partial charge < -0.3 is 5.11 Å². The van der Waals surface area contributed by atoms with Gasteiger partial charge in [-0.1, -0.05) is 5.09 Å². The highest BCUT2D eigenvalue weighted by atomic mass is 31.1. The van der Waals surface area contributed by atoms with E-state index in [1.807, 2.05) is 5.09 Å². The number of aliphatic hydroxyl groups is 1. The summed E-state index contributed by atoms with van der Waals surface area (Å²) in [6, 6.07) is 0. The van der Waals surface area contributed by atoms with Gasteiger partial charge in [-0.2, -0.15) is 0 Å². The summed E-state index contributed by atoms with van der Waals surface area (Å²) < 4.78 is 9.48. The fourth-order valence-corrected chi connectivity index (χ4v) is 0.181. The predicted octanol–water partition coefficient (Wildman–Crippen LogP) is -0.825.